The average molecular weight is 194 g/mol. The minimum atomic E-state index is 0.700. The van der Waals surface area contributed by atoms with Crippen molar-refractivity contribution in [1.29, 1.82) is 0 Å². The van der Waals surface area contributed by atoms with Crippen LogP contribution in [0.4, 0.5) is 0 Å². The van der Waals surface area contributed by atoms with Gasteiger partial charge in [0.2, 0.25) is 0 Å². The molecule has 0 aromatic carbocycles. The Morgan fingerprint density at radius 3 is 2.14 bits per heavy atom. The van der Waals surface area contributed by atoms with Gasteiger partial charge in [0.05, 0.1) is 0 Å². The first-order valence-electron chi connectivity index (χ1n) is 5.86. The van der Waals surface area contributed by atoms with Crippen molar-refractivity contribution in [2.24, 2.45) is 5.92 Å². The van der Waals surface area contributed by atoms with E-state index in [-0.39, 0.29) is 0 Å². The Hall–Kier alpha value is -0.500. The minimum absolute atomic E-state index is 0.700. The number of piperazine rings is 1. The van der Waals surface area contributed by atoms with Crippen LogP contribution in [0, 0.1) is 5.92 Å². The third kappa shape index (κ3) is 2.11. The predicted octanol–water partition coefficient (Wildman–Crippen LogP) is 1.94. The fourth-order valence-electron chi connectivity index (χ4n) is 2.20. The van der Waals surface area contributed by atoms with Gasteiger partial charge in [-0.2, -0.15) is 0 Å². The van der Waals surface area contributed by atoms with Crippen molar-refractivity contribution in [1.82, 2.24) is 9.80 Å². The normalized spacial score (nSPS) is 24.4. The van der Waals surface area contributed by atoms with E-state index >= 15 is 0 Å². The second-order valence-electron chi connectivity index (χ2n) is 4.88. The van der Waals surface area contributed by atoms with Crippen molar-refractivity contribution in [2.75, 3.05) is 26.2 Å². The molecule has 0 atom stereocenters. The van der Waals surface area contributed by atoms with Crippen molar-refractivity contribution < 1.29 is 0 Å². The summed E-state index contributed by atoms with van der Waals surface area (Å²) in [6.45, 7) is 13.6. The number of rotatable bonds is 3. The first-order chi connectivity index (χ1) is 6.68. The highest BCUT2D eigenvalue weighted by Crippen LogP contribution is 2.37. The summed E-state index contributed by atoms with van der Waals surface area (Å²) < 4.78 is 0. The highest BCUT2D eigenvalue weighted by Gasteiger charge is 2.29. The Morgan fingerprint density at radius 2 is 1.71 bits per heavy atom. The summed E-state index contributed by atoms with van der Waals surface area (Å²) in [5.74, 6) is 0.834. The van der Waals surface area contributed by atoms with Crippen molar-refractivity contribution in [3.05, 3.63) is 12.3 Å². The molecule has 0 radical (unpaired) electrons. The lowest BCUT2D eigenvalue weighted by Gasteiger charge is -2.39. The van der Waals surface area contributed by atoms with Gasteiger partial charge in [0.15, 0.2) is 0 Å². The minimum Gasteiger partial charge on any atom is -0.372 e. The Morgan fingerprint density at radius 1 is 1.14 bits per heavy atom. The largest absolute Gasteiger partial charge is 0.372 e. The van der Waals surface area contributed by atoms with E-state index in [9.17, 15) is 0 Å². The van der Waals surface area contributed by atoms with E-state index in [2.05, 4.69) is 30.2 Å². The van der Waals surface area contributed by atoms with Gasteiger partial charge in [-0.25, -0.2) is 0 Å². The van der Waals surface area contributed by atoms with Crippen molar-refractivity contribution in [3.63, 3.8) is 0 Å². The molecule has 1 aliphatic carbocycles. The summed E-state index contributed by atoms with van der Waals surface area (Å²) in [6, 6.07) is 0.700. The smallest absolute Gasteiger partial charge is 0.0303 e. The zero-order valence-electron chi connectivity index (χ0n) is 9.50. The van der Waals surface area contributed by atoms with Gasteiger partial charge in [-0.05, 0) is 32.6 Å². The summed E-state index contributed by atoms with van der Waals surface area (Å²) in [7, 11) is 0. The molecule has 2 fully saturated rings. The molecule has 14 heavy (non-hydrogen) atoms. The zero-order chi connectivity index (χ0) is 10.1. The van der Waals surface area contributed by atoms with Gasteiger partial charge in [-0.3, -0.25) is 4.90 Å². The molecule has 0 bridgehead atoms. The number of nitrogens with zero attached hydrogens (tertiary/aromatic N) is 2. The van der Waals surface area contributed by atoms with Crippen LogP contribution in [0.3, 0.4) is 0 Å². The zero-order valence-corrected chi connectivity index (χ0v) is 9.50. The van der Waals surface area contributed by atoms with Crippen LogP contribution in [0.2, 0.25) is 0 Å². The van der Waals surface area contributed by atoms with Gasteiger partial charge in [0.25, 0.3) is 0 Å². The van der Waals surface area contributed by atoms with Gasteiger partial charge in [0.1, 0.15) is 0 Å². The van der Waals surface area contributed by atoms with Crippen LogP contribution < -0.4 is 0 Å². The highest BCUT2D eigenvalue weighted by atomic mass is 15.3. The lowest BCUT2D eigenvalue weighted by molar-refractivity contribution is 0.127. The Labute approximate surface area is 87.6 Å². The van der Waals surface area contributed by atoms with Crippen molar-refractivity contribution >= 4 is 0 Å². The molecule has 0 spiro atoms. The Bertz CT molecular complexity index is 210. The van der Waals surface area contributed by atoms with Gasteiger partial charge >= 0.3 is 0 Å². The number of hydrogen-bond donors (Lipinski definition) is 0. The molecule has 2 nitrogen and oxygen atoms in total. The number of hydrogen-bond acceptors (Lipinski definition) is 2. The van der Waals surface area contributed by atoms with Gasteiger partial charge in [0, 0.05) is 37.9 Å². The second kappa shape index (κ2) is 3.93. The monoisotopic (exact) mass is 194 g/mol. The Balaban J connectivity index is 1.80. The topological polar surface area (TPSA) is 6.48 Å². The van der Waals surface area contributed by atoms with E-state index in [0.717, 1.165) is 5.92 Å². The van der Waals surface area contributed by atoms with Crippen molar-refractivity contribution in [3.8, 4) is 0 Å². The molecule has 0 amide bonds. The third-order valence-corrected chi connectivity index (χ3v) is 3.50. The molecular weight excluding hydrogens is 172 g/mol. The third-order valence-electron chi connectivity index (χ3n) is 3.50. The van der Waals surface area contributed by atoms with E-state index < -0.39 is 0 Å². The molecule has 0 unspecified atom stereocenters. The predicted molar refractivity (Wildman–Crippen MR) is 60.1 cm³/mol. The average Bonchev–Trinajstić information content (AvgIpc) is 3.00. The van der Waals surface area contributed by atoms with Gasteiger partial charge in [-0.15, -0.1) is 0 Å². The van der Waals surface area contributed by atoms with Crippen LogP contribution in [-0.4, -0.2) is 42.0 Å². The molecule has 2 heteroatoms. The molecule has 0 aromatic rings. The summed E-state index contributed by atoms with van der Waals surface area (Å²) in [4.78, 5) is 5.05. The molecule has 80 valence electrons. The quantitative estimate of drug-likeness (QED) is 0.677. The van der Waals surface area contributed by atoms with Crippen LogP contribution in [0.1, 0.15) is 26.7 Å². The number of allylic oxidation sites excluding steroid dienone is 1. The summed E-state index contributed by atoms with van der Waals surface area (Å²) in [5.41, 5.74) is 1.41. The molecule has 1 aliphatic heterocycles. The lowest BCUT2D eigenvalue weighted by atomic mass is 10.2. The van der Waals surface area contributed by atoms with E-state index in [4.69, 9.17) is 0 Å². The van der Waals surface area contributed by atoms with Crippen LogP contribution in [0.5, 0.6) is 0 Å². The first kappa shape index (κ1) is 10.0. The maximum absolute atomic E-state index is 4.22. The maximum Gasteiger partial charge on any atom is 0.0303 e. The van der Waals surface area contributed by atoms with E-state index in [1.807, 2.05) is 0 Å². The molecule has 1 saturated heterocycles. The highest BCUT2D eigenvalue weighted by molar-refractivity contribution is 5.07. The fourth-order valence-corrected chi connectivity index (χ4v) is 2.20. The molecule has 1 heterocycles. The molecule has 1 saturated carbocycles. The van der Waals surface area contributed by atoms with Gasteiger partial charge < -0.3 is 4.90 Å². The van der Waals surface area contributed by atoms with Crippen LogP contribution in [0.25, 0.3) is 0 Å². The first-order valence-corrected chi connectivity index (χ1v) is 5.86. The Kier molecular flexibility index (Phi) is 2.82. The van der Waals surface area contributed by atoms with Gasteiger partial charge in [-0.1, -0.05) is 6.58 Å². The van der Waals surface area contributed by atoms with E-state index in [0.29, 0.717) is 6.04 Å². The standard InChI is InChI=1S/C12H22N2/c1-10(2)13-6-8-14(9-7-13)11(3)12-4-5-12/h10,12H,3-9H2,1-2H3. The maximum atomic E-state index is 4.22. The van der Waals surface area contributed by atoms with Crippen molar-refractivity contribution in [2.45, 2.75) is 32.7 Å². The summed E-state index contributed by atoms with van der Waals surface area (Å²) in [6.07, 6.45) is 2.76. The SMILES string of the molecule is C=C(C1CC1)N1CCN(C(C)C)CC1. The molecular formula is C12H22N2. The molecule has 0 N–H and O–H groups in total. The van der Waals surface area contributed by atoms with Crippen LogP contribution in [0.15, 0.2) is 12.3 Å². The molecule has 2 rings (SSSR count). The fraction of sp³-hybridized carbons (Fsp3) is 0.833. The van der Waals surface area contributed by atoms with Crippen LogP contribution >= 0.6 is 0 Å². The second-order valence-corrected chi connectivity index (χ2v) is 4.88. The lowest BCUT2D eigenvalue weighted by Crippen LogP contribution is -2.48. The summed E-state index contributed by atoms with van der Waals surface area (Å²) in [5, 5.41) is 0. The van der Waals surface area contributed by atoms with Crippen LogP contribution in [-0.2, 0) is 0 Å². The summed E-state index contributed by atoms with van der Waals surface area (Å²) >= 11 is 0. The molecule has 2 aliphatic rings. The van der Waals surface area contributed by atoms with E-state index in [1.54, 1.807) is 0 Å². The van der Waals surface area contributed by atoms with E-state index in [1.165, 1.54) is 44.7 Å². The molecule has 0 aromatic heterocycles.